The number of nitrogens with one attached hydrogen (secondary N) is 1. The SMILES string of the molecule is NC1CCC(OCC(=O)Nc2ccccc2)C1. The van der Waals surface area contributed by atoms with Gasteiger partial charge in [0, 0.05) is 11.7 Å². The van der Waals surface area contributed by atoms with Crippen LogP contribution in [0, 0.1) is 0 Å². The van der Waals surface area contributed by atoms with Crippen LogP contribution >= 0.6 is 0 Å². The van der Waals surface area contributed by atoms with E-state index in [1.807, 2.05) is 30.3 Å². The highest BCUT2D eigenvalue weighted by molar-refractivity contribution is 5.91. The quantitative estimate of drug-likeness (QED) is 0.830. The van der Waals surface area contributed by atoms with Crippen molar-refractivity contribution in [1.82, 2.24) is 0 Å². The summed E-state index contributed by atoms with van der Waals surface area (Å²) in [5.41, 5.74) is 6.57. The average molecular weight is 234 g/mol. The number of benzene rings is 1. The highest BCUT2D eigenvalue weighted by atomic mass is 16.5. The smallest absolute Gasteiger partial charge is 0.250 e. The van der Waals surface area contributed by atoms with Crippen LogP contribution in [0.5, 0.6) is 0 Å². The van der Waals surface area contributed by atoms with E-state index in [0.717, 1.165) is 24.9 Å². The molecule has 0 saturated heterocycles. The van der Waals surface area contributed by atoms with Gasteiger partial charge in [-0.3, -0.25) is 4.79 Å². The molecule has 1 saturated carbocycles. The van der Waals surface area contributed by atoms with E-state index in [-0.39, 0.29) is 24.7 Å². The second-order valence-corrected chi connectivity index (χ2v) is 4.42. The summed E-state index contributed by atoms with van der Waals surface area (Å²) in [7, 11) is 0. The van der Waals surface area contributed by atoms with Crippen molar-refractivity contribution in [2.75, 3.05) is 11.9 Å². The Labute approximate surface area is 101 Å². The maximum Gasteiger partial charge on any atom is 0.250 e. The van der Waals surface area contributed by atoms with Gasteiger partial charge >= 0.3 is 0 Å². The van der Waals surface area contributed by atoms with Crippen LogP contribution in [0.2, 0.25) is 0 Å². The Morgan fingerprint density at radius 3 is 2.76 bits per heavy atom. The molecule has 2 atom stereocenters. The van der Waals surface area contributed by atoms with E-state index in [2.05, 4.69) is 5.32 Å². The molecule has 1 aromatic carbocycles. The zero-order valence-electron chi connectivity index (χ0n) is 9.76. The number of ether oxygens (including phenoxy) is 1. The number of hydrogen-bond donors (Lipinski definition) is 2. The van der Waals surface area contributed by atoms with Crippen LogP contribution in [0.15, 0.2) is 30.3 Å². The van der Waals surface area contributed by atoms with E-state index in [4.69, 9.17) is 10.5 Å². The summed E-state index contributed by atoms with van der Waals surface area (Å²) in [6.45, 7) is 0.103. The summed E-state index contributed by atoms with van der Waals surface area (Å²) in [6.07, 6.45) is 2.95. The fourth-order valence-electron chi connectivity index (χ4n) is 2.04. The van der Waals surface area contributed by atoms with E-state index < -0.39 is 0 Å². The zero-order valence-corrected chi connectivity index (χ0v) is 9.76. The van der Waals surface area contributed by atoms with Crippen molar-refractivity contribution in [2.45, 2.75) is 31.4 Å². The molecule has 92 valence electrons. The van der Waals surface area contributed by atoms with Crippen LogP contribution in [-0.4, -0.2) is 24.7 Å². The molecule has 1 aromatic rings. The minimum atomic E-state index is -0.114. The molecule has 2 rings (SSSR count). The monoisotopic (exact) mass is 234 g/mol. The molecule has 4 heteroatoms. The Morgan fingerprint density at radius 2 is 2.12 bits per heavy atom. The van der Waals surface area contributed by atoms with E-state index in [1.165, 1.54) is 0 Å². The number of carbonyl (C=O) groups is 1. The van der Waals surface area contributed by atoms with Gasteiger partial charge < -0.3 is 15.8 Å². The van der Waals surface area contributed by atoms with Gasteiger partial charge in [0.25, 0.3) is 0 Å². The van der Waals surface area contributed by atoms with Gasteiger partial charge in [0.05, 0.1) is 6.10 Å². The first-order valence-electron chi connectivity index (χ1n) is 5.96. The topological polar surface area (TPSA) is 64.3 Å². The lowest BCUT2D eigenvalue weighted by molar-refractivity contribution is -0.122. The van der Waals surface area contributed by atoms with E-state index in [1.54, 1.807) is 0 Å². The Bertz CT molecular complexity index is 367. The Kier molecular flexibility index (Phi) is 4.12. The van der Waals surface area contributed by atoms with Gasteiger partial charge in [-0.25, -0.2) is 0 Å². The van der Waals surface area contributed by atoms with Gasteiger partial charge in [0.1, 0.15) is 6.61 Å². The molecule has 17 heavy (non-hydrogen) atoms. The van der Waals surface area contributed by atoms with Crippen molar-refractivity contribution in [1.29, 1.82) is 0 Å². The van der Waals surface area contributed by atoms with Crippen LogP contribution in [0.4, 0.5) is 5.69 Å². The Balaban J connectivity index is 1.71. The van der Waals surface area contributed by atoms with E-state index in [0.29, 0.717) is 0 Å². The Hall–Kier alpha value is -1.39. The van der Waals surface area contributed by atoms with Crippen molar-refractivity contribution in [2.24, 2.45) is 5.73 Å². The number of anilines is 1. The molecule has 1 aliphatic rings. The van der Waals surface area contributed by atoms with Crippen LogP contribution in [-0.2, 0) is 9.53 Å². The molecule has 4 nitrogen and oxygen atoms in total. The number of carbonyl (C=O) groups excluding carboxylic acids is 1. The fourth-order valence-corrected chi connectivity index (χ4v) is 2.04. The van der Waals surface area contributed by atoms with Crippen LogP contribution < -0.4 is 11.1 Å². The maximum absolute atomic E-state index is 11.6. The third-order valence-electron chi connectivity index (χ3n) is 2.93. The molecule has 2 unspecified atom stereocenters. The number of rotatable bonds is 4. The largest absolute Gasteiger partial charge is 0.368 e. The van der Waals surface area contributed by atoms with Crippen molar-refractivity contribution in [3.63, 3.8) is 0 Å². The van der Waals surface area contributed by atoms with Gasteiger partial charge in [-0.15, -0.1) is 0 Å². The van der Waals surface area contributed by atoms with E-state index >= 15 is 0 Å². The first-order valence-corrected chi connectivity index (χ1v) is 5.96. The molecular formula is C13H18N2O2. The molecule has 1 fully saturated rings. The van der Waals surface area contributed by atoms with Crippen LogP contribution in [0.1, 0.15) is 19.3 Å². The number of amides is 1. The third kappa shape index (κ3) is 3.84. The van der Waals surface area contributed by atoms with E-state index in [9.17, 15) is 4.79 Å². The third-order valence-corrected chi connectivity index (χ3v) is 2.93. The summed E-state index contributed by atoms with van der Waals surface area (Å²) in [6, 6.07) is 9.61. The molecule has 1 amide bonds. The summed E-state index contributed by atoms with van der Waals surface area (Å²) in [5.74, 6) is -0.114. The van der Waals surface area contributed by atoms with Gasteiger partial charge in [-0.1, -0.05) is 18.2 Å². The van der Waals surface area contributed by atoms with Gasteiger partial charge in [-0.05, 0) is 31.4 Å². The van der Waals surface area contributed by atoms with Crippen molar-refractivity contribution >= 4 is 11.6 Å². The number of nitrogens with two attached hydrogens (primary N) is 1. The molecule has 0 spiro atoms. The summed E-state index contributed by atoms with van der Waals surface area (Å²) >= 11 is 0. The summed E-state index contributed by atoms with van der Waals surface area (Å²) in [4.78, 5) is 11.6. The molecule has 0 aliphatic heterocycles. The standard InChI is InChI=1S/C13H18N2O2/c14-10-6-7-12(8-10)17-9-13(16)15-11-4-2-1-3-5-11/h1-5,10,12H,6-9,14H2,(H,15,16). The predicted molar refractivity (Wildman–Crippen MR) is 66.6 cm³/mol. The predicted octanol–water partition coefficient (Wildman–Crippen LogP) is 1.52. The zero-order chi connectivity index (χ0) is 12.1. The molecule has 3 N–H and O–H groups in total. The van der Waals surface area contributed by atoms with Crippen LogP contribution in [0.25, 0.3) is 0 Å². The molecule has 1 aliphatic carbocycles. The second-order valence-electron chi connectivity index (χ2n) is 4.42. The average Bonchev–Trinajstić information content (AvgIpc) is 2.74. The highest BCUT2D eigenvalue weighted by Gasteiger charge is 2.22. The Morgan fingerprint density at radius 1 is 1.35 bits per heavy atom. The lowest BCUT2D eigenvalue weighted by Crippen LogP contribution is -2.23. The first-order chi connectivity index (χ1) is 8.24. The lowest BCUT2D eigenvalue weighted by Gasteiger charge is -2.11. The highest BCUT2D eigenvalue weighted by Crippen LogP contribution is 2.20. The fraction of sp³-hybridized carbons (Fsp3) is 0.462. The minimum Gasteiger partial charge on any atom is -0.368 e. The van der Waals surface area contributed by atoms with Gasteiger partial charge in [0.15, 0.2) is 0 Å². The van der Waals surface area contributed by atoms with Gasteiger partial charge in [-0.2, -0.15) is 0 Å². The molecule has 0 aromatic heterocycles. The van der Waals surface area contributed by atoms with Crippen LogP contribution in [0.3, 0.4) is 0 Å². The molecule has 0 bridgehead atoms. The van der Waals surface area contributed by atoms with Crippen molar-refractivity contribution < 1.29 is 9.53 Å². The molecular weight excluding hydrogens is 216 g/mol. The normalized spacial score (nSPS) is 23.6. The molecule has 0 heterocycles. The number of hydrogen-bond acceptors (Lipinski definition) is 3. The molecule has 0 radical (unpaired) electrons. The van der Waals surface area contributed by atoms with Gasteiger partial charge in [0.2, 0.25) is 5.91 Å². The number of para-hydroxylation sites is 1. The lowest BCUT2D eigenvalue weighted by atomic mass is 10.3. The second kappa shape index (κ2) is 5.80. The maximum atomic E-state index is 11.6. The van der Waals surface area contributed by atoms with Crippen molar-refractivity contribution in [3.8, 4) is 0 Å². The first kappa shape index (κ1) is 12.1. The van der Waals surface area contributed by atoms with Crippen molar-refractivity contribution in [3.05, 3.63) is 30.3 Å². The summed E-state index contributed by atoms with van der Waals surface area (Å²) in [5, 5.41) is 2.78. The summed E-state index contributed by atoms with van der Waals surface area (Å²) < 4.78 is 5.52. The minimum absolute atomic E-state index is 0.103.